The maximum Gasteiger partial charge on any atom is 0.192 e. The van der Waals surface area contributed by atoms with E-state index in [0.29, 0.717) is 0 Å². The number of hydrogen-bond donors (Lipinski definition) is 0. The standard InChI is InChI=1S/C32H60OSi2/c1-10-14-15-16-19-24-31(28-34(7,8)9)30-25-21-23-29(27-30)22-18-17-20-26-32(5,6)33-35(11-2,12-3)13-4/h21,23,25,27-28H,10-20,22,24,26H2,1-9H3/b31-28+. The molecule has 1 aromatic carbocycles. The van der Waals surface area contributed by atoms with Crippen molar-refractivity contribution < 1.29 is 4.43 Å². The molecular weight excluding hydrogens is 457 g/mol. The molecule has 0 unspecified atom stereocenters. The highest BCUT2D eigenvalue weighted by Crippen LogP contribution is 2.31. The topological polar surface area (TPSA) is 9.23 Å². The zero-order valence-corrected chi connectivity index (χ0v) is 27.2. The molecule has 0 aliphatic heterocycles. The Labute approximate surface area is 222 Å². The Balaban J connectivity index is 2.64. The molecule has 0 aliphatic rings. The van der Waals surface area contributed by atoms with E-state index in [0.717, 1.165) is 0 Å². The average Bonchev–Trinajstić information content (AvgIpc) is 2.81. The highest BCUT2D eigenvalue weighted by atomic mass is 28.4. The summed E-state index contributed by atoms with van der Waals surface area (Å²) < 4.78 is 6.81. The van der Waals surface area contributed by atoms with E-state index in [4.69, 9.17) is 4.43 Å². The van der Waals surface area contributed by atoms with Gasteiger partial charge in [-0.1, -0.05) is 116 Å². The predicted octanol–water partition coefficient (Wildman–Crippen LogP) is 11.2. The van der Waals surface area contributed by atoms with Gasteiger partial charge < -0.3 is 4.43 Å². The van der Waals surface area contributed by atoms with Crippen LogP contribution in [0.2, 0.25) is 37.8 Å². The minimum atomic E-state index is -1.53. The first-order valence-corrected chi connectivity index (χ1v) is 21.1. The summed E-state index contributed by atoms with van der Waals surface area (Å²) in [7, 11) is -2.77. The smallest absolute Gasteiger partial charge is 0.192 e. The molecule has 0 atom stereocenters. The molecule has 0 saturated heterocycles. The largest absolute Gasteiger partial charge is 0.412 e. The van der Waals surface area contributed by atoms with Gasteiger partial charge in [-0.25, -0.2) is 0 Å². The lowest BCUT2D eigenvalue weighted by Crippen LogP contribution is -2.44. The third-order valence-electron chi connectivity index (χ3n) is 7.62. The van der Waals surface area contributed by atoms with Gasteiger partial charge in [-0.3, -0.25) is 0 Å². The number of hydrogen-bond acceptors (Lipinski definition) is 1. The van der Waals surface area contributed by atoms with Crippen molar-refractivity contribution in [2.45, 2.75) is 156 Å². The van der Waals surface area contributed by atoms with Crippen LogP contribution >= 0.6 is 0 Å². The summed E-state index contributed by atoms with van der Waals surface area (Å²) in [5.74, 6) is 0. The molecule has 1 aromatic rings. The van der Waals surface area contributed by atoms with Crippen LogP contribution in [0.4, 0.5) is 0 Å². The maximum atomic E-state index is 6.81. The molecule has 1 nitrogen and oxygen atoms in total. The Hall–Kier alpha value is -0.646. The monoisotopic (exact) mass is 516 g/mol. The van der Waals surface area contributed by atoms with Gasteiger partial charge in [0, 0.05) is 0 Å². The first-order valence-electron chi connectivity index (χ1n) is 15.0. The van der Waals surface area contributed by atoms with Crippen molar-refractivity contribution in [1.82, 2.24) is 0 Å². The third-order valence-corrected chi connectivity index (χ3v) is 13.7. The van der Waals surface area contributed by atoms with Crippen LogP contribution in [-0.2, 0) is 10.8 Å². The van der Waals surface area contributed by atoms with E-state index in [1.54, 1.807) is 5.57 Å². The lowest BCUT2D eigenvalue weighted by molar-refractivity contribution is 0.0828. The molecule has 0 bridgehead atoms. The Bertz CT molecular complexity index is 717. The lowest BCUT2D eigenvalue weighted by atomic mass is 9.96. The van der Waals surface area contributed by atoms with Crippen LogP contribution in [0.1, 0.15) is 117 Å². The molecule has 0 spiro atoms. The molecule has 202 valence electrons. The predicted molar refractivity (Wildman–Crippen MR) is 166 cm³/mol. The van der Waals surface area contributed by atoms with Crippen LogP contribution in [0.15, 0.2) is 30.0 Å². The average molecular weight is 517 g/mol. The van der Waals surface area contributed by atoms with E-state index in [-0.39, 0.29) is 5.60 Å². The van der Waals surface area contributed by atoms with Crippen molar-refractivity contribution in [1.29, 1.82) is 0 Å². The zero-order chi connectivity index (χ0) is 26.4. The van der Waals surface area contributed by atoms with Crippen LogP contribution in [0, 0.1) is 0 Å². The van der Waals surface area contributed by atoms with Gasteiger partial charge in [0.2, 0.25) is 0 Å². The Morgan fingerprint density at radius 1 is 0.829 bits per heavy atom. The summed E-state index contributed by atoms with van der Waals surface area (Å²) in [4.78, 5) is 0. The van der Waals surface area contributed by atoms with Crippen molar-refractivity contribution in [2.24, 2.45) is 0 Å². The second-order valence-corrected chi connectivity index (χ2v) is 22.3. The molecule has 0 amide bonds. The van der Waals surface area contributed by atoms with Crippen molar-refractivity contribution in [2.75, 3.05) is 0 Å². The van der Waals surface area contributed by atoms with E-state index in [9.17, 15) is 0 Å². The Kier molecular flexibility index (Phi) is 15.0. The van der Waals surface area contributed by atoms with E-state index >= 15 is 0 Å². The zero-order valence-electron chi connectivity index (χ0n) is 25.2. The SMILES string of the molecule is CCCCCCC/C(=C\[Si](C)(C)C)c1cccc(CCCCCC(C)(C)O[Si](CC)(CC)CC)c1. The van der Waals surface area contributed by atoms with Gasteiger partial charge in [0.1, 0.15) is 0 Å². The van der Waals surface area contributed by atoms with Gasteiger partial charge in [0.05, 0.1) is 13.7 Å². The lowest BCUT2D eigenvalue weighted by Gasteiger charge is -2.38. The summed E-state index contributed by atoms with van der Waals surface area (Å²) in [5.41, 5.74) is 7.29. The number of benzene rings is 1. The summed E-state index contributed by atoms with van der Waals surface area (Å²) in [6, 6.07) is 13.2. The number of unbranched alkanes of at least 4 members (excludes halogenated alkanes) is 6. The molecule has 0 N–H and O–H groups in total. The number of aryl methyl sites for hydroxylation is 1. The minimum absolute atomic E-state index is 0.0296. The number of allylic oxidation sites excluding steroid dienone is 1. The fourth-order valence-corrected chi connectivity index (χ4v) is 9.89. The molecule has 0 radical (unpaired) electrons. The van der Waals surface area contributed by atoms with Crippen molar-refractivity contribution in [3.63, 3.8) is 0 Å². The molecule has 0 saturated carbocycles. The maximum absolute atomic E-state index is 6.81. The molecule has 1 rings (SSSR count). The Morgan fingerprint density at radius 3 is 2.06 bits per heavy atom. The van der Waals surface area contributed by atoms with E-state index in [1.807, 2.05) is 0 Å². The quantitative estimate of drug-likeness (QED) is 0.131. The van der Waals surface area contributed by atoms with E-state index < -0.39 is 16.4 Å². The molecule has 3 heteroatoms. The summed E-state index contributed by atoms with van der Waals surface area (Å²) in [6.45, 7) is 21.4. The van der Waals surface area contributed by atoms with Crippen LogP contribution < -0.4 is 0 Å². The molecule has 0 heterocycles. The first-order chi connectivity index (χ1) is 16.5. The van der Waals surface area contributed by atoms with Gasteiger partial charge in [0.25, 0.3) is 0 Å². The second kappa shape index (κ2) is 16.2. The molecule has 35 heavy (non-hydrogen) atoms. The third kappa shape index (κ3) is 13.5. The first kappa shape index (κ1) is 32.4. The van der Waals surface area contributed by atoms with Gasteiger partial charge in [-0.2, -0.15) is 0 Å². The van der Waals surface area contributed by atoms with Gasteiger partial charge >= 0.3 is 0 Å². The van der Waals surface area contributed by atoms with Gasteiger partial charge in [-0.15, -0.1) is 0 Å². The highest BCUT2D eigenvalue weighted by Gasteiger charge is 2.35. The van der Waals surface area contributed by atoms with Crippen LogP contribution in [0.3, 0.4) is 0 Å². The van der Waals surface area contributed by atoms with Crippen LogP contribution in [0.5, 0.6) is 0 Å². The molecule has 0 aliphatic carbocycles. The summed E-state index contributed by atoms with van der Waals surface area (Å²) in [5, 5.41) is 0. The van der Waals surface area contributed by atoms with Gasteiger partial charge in [0.15, 0.2) is 8.32 Å². The molecule has 0 fully saturated rings. The molecule has 0 aromatic heterocycles. The minimum Gasteiger partial charge on any atom is -0.412 e. The fourth-order valence-electron chi connectivity index (χ4n) is 5.33. The fraction of sp³-hybridized carbons (Fsp3) is 0.750. The van der Waals surface area contributed by atoms with E-state index in [2.05, 4.69) is 91.1 Å². The number of rotatable bonds is 19. The van der Waals surface area contributed by atoms with Gasteiger partial charge in [-0.05, 0) is 80.8 Å². The van der Waals surface area contributed by atoms with Crippen LogP contribution in [-0.4, -0.2) is 22.0 Å². The summed E-state index contributed by atoms with van der Waals surface area (Å²) >= 11 is 0. The van der Waals surface area contributed by atoms with E-state index in [1.165, 1.54) is 99.9 Å². The van der Waals surface area contributed by atoms with Crippen molar-refractivity contribution >= 4 is 22.0 Å². The summed E-state index contributed by atoms with van der Waals surface area (Å²) in [6.07, 6.45) is 14.3. The van der Waals surface area contributed by atoms with Crippen molar-refractivity contribution in [3.05, 3.63) is 41.1 Å². The highest BCUT2D eigenvalue weighted by molar-refractivity contribution is 6.81. The molecular formula is C32H60OSi2. The second-order valence-electron chi connectivity index (χ2n) is 12.6. The Morgan fingerprint density at radius 2 is 1.46 bits per heavy atom. The van der Waals surface area contributed by atoms with Crippen LogP contribution in [0.25, 0.3) is 5.57 Å². The van der Waals surface area contributed by atoms with Crippen molar-refractivity contribution in [3.8, 4) is 0 Å². The normalized spacial score (nSPS) is 13.5.